The smallest absolute Gasteiger partial charge is 0.303 e. The molecule has 0 heterocycles. The molecule has 1 amide bonds. The van der Waals surface area contributed by atoms with Crippen molar-refractivity contribution < 1.29 is 14.7 Å². The van der Waals surface area contributed by atoms with Gasteiger partial charge in [0, 0.05) is 45.7 Å². The highest BCUT2D eigenvalue weighted by Crippen LogP contribution is 2.23. The Labute approximate surface area is 170 Å². The summed E-state index contributed by atoms with van der Waals surface area (Å²) in [5.74, 6) is -1.05. The number of carboxylic acids is 1. The molecule has 0 aromatic rings. The number of carbonyl (C=O) groups excluding carboxylic acids is 1. The average molecular weight is 402 g/mol. The van der Waals surface area contributed by atoms with Crippen LogP contribution in [0.15, 0.2) is 0 Å². The first-order chi connectivity index (χ1) is 13.3. The van der Waals surface area contributed by atoms with Gasteiger partial charge in [-0.1, -0.05) is 27.7 Å². The van der Waals surface area contributed by atoms with E-state index in [1.165, 1.54) is 0 Å². The number of carbonyl (C=O) groups is 2. The highest BCUT2D eigenvalue weighted by Gasteiger charge is 2.30. The molecule has 0 saturated heterocycles. The second-order valence-corrected chi connectivity index (χ2v) is 8.00. The molecule has 28 heavy (non-hydrogen) atoms. The Hall–Kier alpha value is -1.22. The molecule has 1 atom stereocenters. The van der Waals surface area contributed by atoms with Gasteiger partial charge < -0.3 is 32.1 Å². The van der Waals surface area contributed by atoms with E-state index in [1.807, 2.05) is 0 Å². The van der Waals surface area contributed by atoms with Crippen LogP contribution in [-0.4, -0.2) is 61.9 Å². The van der Waals surface area contributed by atoms with Crippen molar-refractivity contribution in [3.05, 3.63) is 0 Å². The fourth-order valence-electron chi connectivity index (χ4n) is 2.86. The summed E-state index contributed by atoms with van der Waals surface area (Å²) in [5.41, 5.74) is 5.72. The number of amides is 1. The molecule has 0 aliphatic heterocycles. The molecule has 0 aliphatic carbocycles. The summed E-state index contributed by atoms with van der Waals surface area (Å²) in [6.45, 7) is 12.6. The summed E-state index contributed by atoms with van der Waals surface area (Å²) in [5, 5.41) is 21.9. The predicted octanol–water partition coefficient (Wildman–Crippen LogP) is 1.02. The van der Waals surface area contributed by atoms with Gasteiger partial charge in [0.05, 0.1) is 5.54 Å². The lowest BCUT2D eigenvalue weighted by atomic mass is 9.85. The first-order valence-corrected chi connectivity index (χ1v) is 10.6. The Kier molecular flexibility index (Phi) is 14.1. The largest absolute Gasteiger partial charge is 0.481 e. The molecule has 8 heteroatoms. The molecular weight excluding hydrogens is 358 g/mol. The summed E-state index contributed by atoms with van der Waals surface area (Å²) in [6, 6.07) is 0. The quantitative estimate of drug-likeness (QED) is 0.149. The van der Waals surface area contributed by atoms with E-state index in [1.54, 1.807) is 0 Å². The van der Waals surface area contributed by atoms with Crippen LogP contribution in [0.25, 0.3) is 0 Å². The monoisotopic (exact) mass is 401 g/mol. The average Bonchev–Trinajstić information content (AvgIpc) is 2.67. The predicted molar refractivity (Wildman–Crippen MR) is 114 cm³/mol. The van der Waals surface area contributed by atoms with E-state index >= 15 is 0 Å². The van der Waals surface area contributed by atoms with Crippen LogP contribution >= 0.6 is 0 Å². The van der Waals surface area contributed by atoms with Crippen LogP contribution in [0.1, 0.15) is 66.2 Å². The molecule has 0 fully saturated rings. The van der Waals surface area contributed by atoms with Crippen LogP contribution < -0.4 is 27.0 Å². The minimum Gasteiger partial charge on any atom is -0.481 e. The first kappa shape index (κ1) is 26.8. The third-order valence-corrected chi connectivity index (χ3v) is 5.45. The van der Waals surface area contributed by atoms with Crippen LogP contribution in [0.5, 0.6) is 0 Å². The summed E-state index contributed by atoms with van der Waals surface area (Å²) in [7, 11) is 0. The molecule has 0 aromatic carbocycles. The number of hydrogen-bond acceptors (Lipinski definition) is 6. The van der Waals surface area contributed by atoms with Crippen LogP contribution in [0.2, 0.25) is 0 Å². The van der Waals surface area contributed by atoms with Gasteiger partial charge in [-0.2, -0.15) is 0 Å². The number of carboxylic acid groups (broad SMARTS) is 1. The minimum absolute atomic E-state index is 0.00702. The van der Waals surface area contributed by atoms with E-state index in [9.17, 15) is 9.59 Å². The lowest BCUT2D eigenvalue weighted by molar-refractivity contribution is -0.137. The zero-order valence-corrected chi connectivity index (χ0v) is 18.3. The SMILES string of the molecule is CCCNC[C@@](CN)(CNCNCC(C)(CC)CC)NC(=O)CCCC(=O)O. The first-order valence-electron chi connectivity index (χ1n) is 10.6. The summed E-state index contributed by atoms with van der Waals surface area (Å²) >= 11 is 0. The van der Waals surface area contributed by atoms with Gasteiger partial charge in [0.2, 0.25) is 5.91 Å². The third kappa shape index (κ3) is 11.6. The molecule has 166 valence electrons. The Bertz CT molecular complexity index is 444. The summed E-state index contributed by atoms with van der Waals surface area (Å²) < 4.78 is 0. The molecule has 0 aromatic heterocycles. The highest BCUT2D eigenvalue weighted by atomic mass is 16.4. The van der Waals surface area contributed by atoms with Crippen LogP contribution in [0.3, 0.4) is 0 Å². The van der Waals surface area contributed by atoms with Crippen LogP contribution in [-0.2, 0) is 9.59 Å². The normalized spacial score (nSPS) is 13.9. The number of rotatable bonds is 18. The summed E-state index contributed by atoms with van der Waals surface area (Å²) in [6.07, 6.45) is 3.74. The van der Waals surface area contributed by atoms with Gasteiger partial charge in [-0.05, 0) is 37.6 Å². The molecule has 0 unspecified atom stereocenters. The maximum atomic E-state index is 12.3. The van der Waals surface area contributed by atoms with Crippen LogP contribution in [0, 0.1) is 5.41 Å². The Morgan fingerprint density at radius 2 is 1.57 bits per heavy atom. The van der Waals surface area contributed by atoms with Crippen molar-refractivity contribution in [3.8, 4) is 0 Å². The van der Waals surface area contributed by atoms with E-state index in [-0.39, 0.29) is 24.2 Å². The third-order valence-electron chi connectivity index (χ3n) is 5.45. The lowest BCUT2D eigenvalue weighted by Crippen LogP contribution is -2.64. The highest BCUT2D eigenvalue weighted by molar-refractivity contribution is 5.77. The topological polar surface area (TPSA) is 129 Å². The van der Waals surface area contributed by atoms with Crippen molar-refractivity contribution in [2.75, 3.05) is 39.4 Å². The van der Waals surface area contributed by atoms with E-state index in [2.05, 4.69) is 49.0 Å². The van der Waals surface area contributed by atoms with Gasteiger partial charge >= 0.3 is 5.97 Å². The van der Waals surface area contributed by atoms with Gasteiger partial charge in [-0.25, -0.2) is 0 Å². The van der Waals surface area contributed by atoms with Crippen molar-refractivity contribution in [1.82, 2.24) is 21.3 Å². The Morgan fingerprint density at radius 1 is 0.964 bits per heavy atom. The van der Waals surface area contributed by atoms with Gasteiger partial charge in [-0.15, -0.1) is 0 Å². The fraction of sp³-hybridized carbons (Fsp3) is 0.900. The second kappa shape index (κ2) is 14.7. The number of nitrogens with one attached hydrogen (secondary N) is 4. The van der Waals surface area contributed by atoms with E-state index < -0.39 is 11.5 Å². The summed E-state index contributed by atoms with van der Waals surface area (Å²) in [4.78, 5) is 22.9. The van der Waals surface area contributed by atoms with Gasteiger partial charge in [-0.3, -0.25) is 9.59 Å². The minimum atomic E-state index is -0.888. The molecule has 0 saturated carbocycles. The number of aliphatic carboxylic acids is 1. The van der Waals surface area contributed by atoms with E-state index in [4.69, 9.17) is 10.8 Å². The van der Waals surface area contributed by atoms with Gasteiger partial charge in [0.25, 0.3) is 0 Å². The number of hydrogen-bond donors (Lipinski definition) is 6. The molecule has 0 spiro atoms. The maximum Gasteiger partial charge on any atom is 0.303 e. The molecule has 0 aliphatic rings. The second-order valence-electron chi connectivity index (χ2n) is 8.00. The molecule has 0 radical (unpaired) electrons. The number of nitrogens with two attached hydrogens (primary N) is 1. The maximum absolute atomic E-state index is 12.3. The van der Waals surface area contributed by atoms with Gasteiger partial charge in [0.1, 0.15) is 0 Å². The fourth-order valence-corrected chi connectivity index (χ4v) is 2.86. The Balaban J connectivity index is 4.62. The lowest BCUT2D eigenvalue weighted by Gasteiger charge is -2.35. The Morgan fingerprint density at radius 3 is 2.11 bits per heavy atom. The van der Waals surface area contributed by atoms with Gasteiger partial charge in [0.15, 0.2) is 0 Å². The molecule has 8 nitrogen and oxygen atoms in total. The molecule has 7 N–H and O–H groups in total. The van der Waals surface area contributed by atoms with Crippen molar-refractivity contribution in [2.45, 2.75) is 71.8 Å². The zero-order valence-electron chi connectivity index (χ0n) is 18.3. The zero-order chi connectivity index (χ0) is 21.5. The van der Waals surface area contributed by atoms with Crippen molar-refractivity contribution in [3.63, 3.8) is 0 Å². The molecule has 0 bridgehead atoms. The van der Waals surface area contributed by atoms with Crippen molar-refractivity contribution in [1.29, 1.82) is 0 Å². The molecular formula is C20H43N5O3. The van der Waals surface area contributed by atoms with E-state index in [0.29, 0.717) is 32.7 Å². The van der Waals surface area contributed by atoms with Crippen molar-refractivity contribution in [2.24, 2.45) is 11.1 Å². The van der Waals surface area contributed by atoms with Crippen LogP contribution in [0.4, 0.5) is 0 Å². The van der Waals surface area contributed by atoms with E-state index in [0.717, 1.165) is 32.4 Å². The van der Waals surface area contributed by atoms with Crippen molar-refractivity contribution >= 4 is 11.9 Å². The standard InChI is InChI=1S/C20H43N5O3/c1-5-11-22-14-20(12-21,25-17(26)9-8-10-18(27)28)15-24-16-23-13-19(4,6-2)7-3/h22-24H,5-16,21H2,1-4H3,(H,25,26)(H,27,28)/t20-/m0/s1. The molecule has 0 rings (SSSR count).